The maximum atomic E-state index is 13.4. The van der Waals surface area contributed by atoms with Gasteiger partial charge >= 0.3 is 6.18 Å². The number of aromatic nitrogens is 5. The number of hydrogen-bond acceptors (Lipinski definition) is 4. The van der Waals surface area contributed by atoms with Crippen molar-refractivity contribution in [3.63, 3.8) is 0 Å². The van der Waals surface area contributed by atoms with Crippen LogP contribution in [0.4, 0.5) is 23.4 Å². The van der Waals surface area contributed by atoms with Crippen LogP contribution in [0.3, 0.4) is 0 Å². The molecule has 1 N–H and O–H groups in total. The number of hydrogen-bond donors (Lipinski definition) is 1. The van der Waals surface area contributed by atoms with Gasteiger partial charge in [0, 0.05) is 11.9 Å². The summed E-state index contributed by atoms with van der Waals surface area (Å²) in [7, 11) is 0. The van der Waals surface area contributed by atoms with E-state index in [0.717, 1.165) is 11.6 Å². The highest BCUT2D eigenvalue weighted by Crippen LogP contribution is 2.32. The zero-order valence-electron chi connectivity index (χ0n) is 16.1. The van der Waals surface area contributed by atoms with Crippen molar-refractivity contribution in [2.45, 2.75) is 19.6 Å². The Morgan fingerprint density at radius 1 is 1.16 bits per heavy atom. The smallest absolute Gasteiger partial charge is 0.302 e. The van der Waals surface area contributed by atoms with Crippen LogP contribution >= 0.6 is 23.2 Å². The number of benzene rings is 1. The van der Waals surface area contributed by atoms with E-state index in [4.69, 9.17) is 23.2 Å². The van der Waals surface area contributed by atoms with Crippen molar-refractivity contribution in [3.8, 4) is 0 Å². The molecule has 0 saturated heterocycles. The van der Waals surface area contributed by atoms with Gasteiger partial charge in [-0.2, -0.15) is 23.4 Å². The minimum atomic E-state index is -4.74. The van der Waals surface area contributed by atoms with E-state index in [2.05, 4.69) is 20.5 Å². The number of rotatable bonds is 4. The number of alkyl halides is 3. The molecule has 1 amide bonds. The lowest BCUT2D eigenvalue weighted by Gasteiger charge is -2.09. The summed E-state index contributed by atoms with van der Waals surface area (Å²) in [6, 6.07) is 6.50. The molecule has 0 aliphatic carbocycles. The van der Waals surface area contributed by atoms with E-state index < -0.39 is 23.5 Å². The summed E-state index contributed by atoms with van der Waals surface area (Å²) in [5, 5.41) is 9.95. The molecule has 0 fully saturated rings. The third-order valence-electron chi connectivity index (χ3n) is 4.37. The van der Waals surface area contributed by atoms with Crippen molar-refractivity contribution in [2.75, 3.05) is 5.32 Å². The molecule has 7 nitrogen and oxygen atoms in total. The Morgan fingerprint density at radius 3 is 2.50 bits per heavy atom. The van der Waals surface area contributed by atoms with Crippen molar-refractivity contribution < 1.29 is 22.4 Å². The van der Waals surface area contributed by atoms with E-state index in [1.807, 2.05) is 0 Å². The predicted molar refractivity (Wildman–Crippen MR) is 108 cm³/mol. The zero-order valence-corrected chi connectivity index (χ0v) is 17.6. The standard InChI is InChI=1S/C19H12Cl2F4N6O/c1-9-6-13(19(23,24)25)31-17(26-9)14(21)15(28-31)18(32)27-16-12(20)8-30(29-16)7-10-2-4-11(22)5-3-10/h2-6,8H,7H2,1H3,(H,27,29,32). The average molecular weight is 487 g/mol. The molecule has 0 unspecified atom stereocenters. The molecule has 3 aromatic heterocycles. The number of anilines is 1. The largest absolute Gasteiger partial charge is 0.433 e. The molecule has 4 aromatic rings. The molecular formula is C19H12Cl2F4N6O. The fourth-order valence-corrected chi connectivity index (χ4v) is 3.41. The summed E-state index contributed by atoms with van der Waals surface area (Å²) >= 11 is 12.2. The molecule has 3 heterocycles. The van der Waals surface area contributed by atoms with Crippen LogP contribution in [0, 0.1) is 12.7 Å². The Balaban J connectivity index is 1.62. The number of nitrogens with zero attached hydrogens (tertiary/aromatic N) is 5. The lowest BCUT2D eigenvalue weighted by molar-refractivity contribution is -0.142. The van der Waals surface area contributed by atoms with E-state index in [1.54, 1.807) is 12.1 Å². The lowest BCUT2D eigenvalue weighted by atomic mass is 10.2. The van der Waals surface area contributed by atoms with Gasteiger partial charge in [-0.3, -0.25) is 9.48 Å². The van der Waals surface area contributed by atoms with Gasteiger partial charge in [0.2, 0.25) is 0 Å². The highest BCUT2D eigenvalue weighted by Gasteiger charge is 2.36. The fourth-order valence-electron chi connectivity index (χ4n) is 2.97. The predicted octanol–water partition coefficient (Wildman–Crippen LogP) is 5.00. The first kappa shape index (κ1) is 22.0. The van der Waals surface area contributed by atoms with Crippen LogP contribution in [0.5, 0.6) is 0 Å². The van der Waals surface area contributed by atoms with Gasteiger partial charge in [0.1, 0.15) is 21.6 Å². The molecule has 0 aliphatic heterocycles. The minimum absolute atomic E-state index is 0.0490. The van der Waals surface area contributed by atoms with Crippen molar-refractivity contribution in [3.05, 3.63) is 75.0 Å². The van der Waals surface area contributed by atoms with Crippen LogP contribution < -0.4 is 5.32 Å². The summed E-state index contributed by atoms with van der Waals surface area (Å²) in [6.07, 6.45) is -3.31. The first-order valence-corrected chi connectivity index (χ1v) is 9.70. The number of halogens is 6. The van der Waals surface area contributed by atoms with E-state index >= 15 is 0 Å². The minimum Gasteiger partial charge on any atom is -0.302 e. The second-order valence-electron chi connectivity index (χ2n) is 6.78. The van der Waals surface area contributed by atoms with E-state index in [0.29, 0.717) is 4.52 Å². The summed E-state index contributed by atoms with van der Waals surface area (Å²) < 4.78 is 55.0. The van der Waals surface area contributed by atoms with Crippen LogP contribution in [0.15, 0.2) is 36.5 Å². The molecule has 4 rings (SSSR count). The van der Waals surface area contributed by atoms with Gasteiger partial charge in [-0.05, 0) is 30.7 Å². The van der Waals surface area contributed by atoms with Crippen molar-refractivity contribution in [2.24, 2.45) is 0 Å². The van der Waals surface area contributed by atoms with Crippen LogP contribution in [-0.4, -0.2) is 30.3 Å². The molecule has 0 spiro atoms. The quantitative estimate of drug-likeness (QED) is 0.411. The molecule has 0 radical (unpaired) electrons. The molecule has 0 saturated carbocycles. The maximum absolute atomic E-state index is 13.4. The normalized spacial score (nSPS) is 11.8. The second kappa shape index (κ2) is 8.06. The zero-order chi connectivity index (χ0) is 23.2. The van der Waals surface area contributed by atoms with Gasteiger partial charge in [-0.25, -0.2) is 13.9 Å². The molecule has 1 aromatic carbocycles. The number of carbonyl (C=O) groups excluding carboxylic acids is 1. The Kier molecular flexibility index (Phi) is 5.55. The van der Waals surface area contributed by atoms with Crippen LogP contribution in [0.1, 0.15) is 27.4 Å². The lowest BCUT2D eigenvalue weighted by Crippen LogP contribution is -2.16. The van der Waals surface area contributed by atoms with Crippen molar-refractivity contribution >= 4 is 40.6 Å². The number of nitrogens with one attached hydrogen (secondary N) is 1. The van der Waals surface area contributed by atoms with Gasteiger partial charge in [0.15, 0.2) is 17.2 Å². The van der Waals surface area contributed by atoms with Crippen LogP contribution in [0.25, 0.3) is 5.65 Å². The van der Waals surface area contributed by atoms with Gasteiger partial charge in [0.05, 0.1) is 6.54 Å². The summed E-state index contributed by atoms with van der Waals surface area (Å²) in [5.41, 5.74) is -1.12. The van der Waals surface area contributed by atoms with Crippen LogP contribution in [0.2, 0.25) is 10.0 Å². The number of carbonyl (C=O) groups is 1. The number of amides is 1. The van der Waals surface area contributed by atoms with Gasteiger partial charge < -0.3 is 5.32 Å². The van der Waals surface area contributed by atoms with Gasteiger partial charge in [-0.1, -0.05) is 35.3 Å². The third-order valence-corrected chi connectivity index (χ3v) is 5.00. The summed E-state index contributed by atoms with van der Waals surface area (Å²) in [4.78, 5) is 16.6. The number of aryl methyl sites for hydroxylation is 1. The first-order chi connectivity index (χ1) is 15.0. The van der Waals surface area contributed by atoms with Crippen molar-refractivity contribution in [1.29, 1.82) is 0 Å². The SMILES string of the molecule is Cc1cc(C(F)(F)F)n2nc(C(=O)Nc3nn(Cc4ccc(F)cc4)cc3Cl)c(Cl)c2n1. The Labute approximate surface area is 187 Å². The average Bonchev–Trinajstić information content (AvgIpc) is 3.22. The Bertz CT molecular complexity index is 1330. The third kappa shape index (κ3) is 4.26. The molecule has 0 atom stereocenters. The molecule has 32 heavy (non-hydrogen) atoms. The second-order valence-corrected chi connectivity index (χ2v) is 7.57. The van der Waals surface area contributed by atoms with E-state index in [1.165, 1.54) is 29.9 Å². The fraction of sp³-hybridized carbons (Fsp3) is 0.158. The topological polar surface area (TPSA) is 77.1 Å². The summed E-state index contributed by atoms with van der Waals surface area (Å²) in [5.74, 6) is -1.35. The summed E-state index contributed by atoms with van der Waals surface area (Å²) in [6.45, 7) is 1.61. The molecule has 0 aliphatic rings. The molecule has 166 valence electrons. The Hall–Kier alpha value is -3.18. The molecule has 0 bridgehead atoms. The van der Waals surface area contributed by atoms with E-state index in [-0.39, 0.29) is 39.6 Å². The molecular weight excluding hydrogens is 475 g/mol. The van der Waals surface area contributed by atoms with Crippen molar-refractivity contribution in [1.82, 2.24) is 24.4 Å². The number of fused-ring (bicyclic) bond motifs is 1. The highest BCUT2D eigenvalue weighted by atomic mass is 35.5. The monoisotopic (exact) mass is 486 g/mol. The van der Waals surface area contributed by atoms with Crippen LogP contribution in [-0.2, 0) is 12.7 Å². The maximum Gasteiger partial charge on any atom is 0.433 e. The van der Waals surface area contributed by atoms with Gasteiger partial charge in [-0.15, -0.1) is 0 Å². The first-order valence-electron chi connectivity index (χ1n) is 8.95. The molecule has 13 heteroatoms. The van der Waals surface area contributed by atoms with Gasteiger partial charge in [0.25, 0.3) is 5.91 Å². The highest BCUT2D eigenvalue weighted by molar-refractivity contribution is 6.37. The Morgan fingerprint density at radius 2 is 1.84 bits per heavy atom. The van der Waals surface area contributed by atoms with E-state index in [9.17, 15) is 22.4 Å².